The summed E-state index contributed by atoms with van der Waals surface area (Å²) in [4.78, 5) is 8.39. The van der Waals surface area contributed by atoms with Crippen LogP contribution in [0.15, 0.2) is 11.1 Å². The zero-order valence-corrected chi connectivity index (χ0v) is 9.88. The van der Waals surface area contributed by atoms with Gasteiger partial charge in [-0.25, -0.2) is 9.98 Å². The minimum atomic E-state index is 0.621. The van der Waals surface area contributed by atoms with Gasteiger partial charge in [0.15, 0.2) is 5.82 Å². The van der Waals surface area contributed by atoms with Crippen LogP contribution in [-0.2, 0) is 6.42 Å². The van der Waals surface area contributed by atoms with Gasteiger partial charge in [0.25, 0.3) is 0 Å². The Balaban J connectivity index is 3.00. The maximum atomic E-state index is 6.08. The van der Waals surface area contributed by atoms with Gasteiger partial charge in [0.1, 0.15) is 0 Å². The highest BCUT2D eigenvalue weighted by molar-refractivity contribution is 6.31. The lowest BCUT2D eigenvalue weighted by Crippen LogP contribution is -1.95. The first-order valence-corrected chi connectivity index (χ1v) is 5.47. The van der Waals surface area contributed by atoms with Crippen LogP contribution in [0.25, 0.3) is 0 Å². The molecule has 0 atom stereocenters. The summed E-state index contributed by atoms with van der Waals surface area (Å²) in [7, 11) is 0. The average Bonchev–Trinajstić information content (AvgIpc) is 2.22. The number of nitrogens with two attached hydrogens (primary N) is 1. The molecule has 0 aliphatic rings. The Hall–Kier alpha value is -1.09. The second kappa shape index (κ2) is 5.71. The van der Waals surface area contributed by atoms with Crippen molar-refractivity contribution in [2.75, 3.05) is 0 Å². The first-order valence-electron chi connectivity index (χ1n) is 5.09. The predicted octanol–water partition coefficient (Wildman–Crippen LogP) is 3.00. The summed E-state index contributed by atoms with van der Waals surface area (Å²) in [5.41, 5.74) is 7.11. The van der Waals surface area contributed by atoms with E-state index in [4.69, 9.17) is 17.3 Å². The van der Waals surface area contributed by atoms with Gasteiger partial charge in [-0.2, -0.15) is 0 Å². The van der Waals surface area contributed by atoms with Gasteiger partial charge < -0.3 is 5.73 Å². The van der Waals surface area contributed by atoms with Gasteiger partial charge in [-0.15, -0.1) is 0 Å². The van der Waals surface area contributed by atoms with Crippen molar-refractivity contribution in [3.63, 3.8) is 0 Å². The van der Waals surface area contributed by atoms with Crippen molar-refractivity contribution in [1.29, 1.82) is 0 Å². The van der Waals surface area contributed by atoms with E-state index < -0.39 is 0 Å². The molecule has 0 spiro atoms. The molecule has 0 saturated carbocycles. The highest BCUT2D eigenvalue weighted by atomic mass is 35.5. The van der Waals surface area contributed by atoms with Crippen molar-refractivity contribution in [1.82, 2.24) is 4.98 Å². The predicted molar refractivity (Wildman–Crippen MR) is 64.9 cm³/mol. The minimum Gasteiger partial charge on any atom is -0.390 e. The Morgan fingerprint density at radius 2 is 2.33 bits per heavy atom. The first-order chi connectivity index (χ1) is 7.19. The van der Waals surface area contributed by atoms with Crippen molar-refractivity contribution >= 4 is 23.8 Å². The summed E-state index contributed by atoms with van der Waals surface area (Å²) in [5, 5.41) is 0.705. The summed E-state index contributed by atoms with van der Waals surface area (Å²) < 4.78 is 0. The number of nitrogens with zero attached hydrogens (tertiary/aromatic N) is 2. The Morgan fingerprint density at radius 1 is 1.60 bits per heavy atom. The lowest BCUT2D eigenvalue weighted by atomic mass is 10.1. The maximum Gasteiger partial charge on any atom is 0.158 e. The third kappa shape index (κ3) is 3.20. The van der Waals surface area contributed by atoms with Gasteiger partial charge in [-0.05, 0) is 25.8 Å². The molecule has 0 amide bonds. The molecular weight excluding hydrogens is 210 g/mol. The normalized spacial score (nSPS) is 11.1. The highest BCUT2D eigenvalue weighted by Gasteiger charge is 2.06. The maximum absolute atomic E-state index is 6.08. The Bertz CT molecular complexity index is 361. The summed E-state index contributed by atoms with van der Waals surface area (Å²) in [6, 6.07) is 1.90. The van der Waals surface area contributed by atoms with Gasteiger partial charge in [0.2, 0.25) is 0 Å². The largest absolute Gasteiger partial charge is 0.390 e. The van der Waals surface area contributed by atoms with E-state index >= 15 is 0 Å². The summed E-state index contributed by atoms with van der Waals surface area (Å²) in [5.74, 6) is 0.621. The van der Waals surface area contributed by atoms with E-state index in [1.807, 2.05) is 13.0 Å². The van der Waals surface area contributed by atoms with Gasteiger partial charge in [-0.3, -0.25) is 0 Å². The van der Waals surface area contributed by atoms with Crippen molar-refractivity contribution in [3.8, 4) is 0 Å². The van der Waals surface area contributed by atoms with Crippen LogP contribution in [0.2, 0.25) is 5.02 Å². The van der Waals surface area contributed by atoms with E-state index in [2.05, 4.69) is 16.9 Å². The quantitative estimate of drug-likeness (QED) is 0.633. The van der Waals surface area contributed by atoms with E-state index in [1.165, 1.54) is 6.34 Å². The SMILES string of the molecule is CCCCc1cc(Cl)c(C)c(N=CN)n1. The molecule has 1 aromatic heterocycles. The molecular formula is C11H16ClN3. The molecule has 2 N–H and O–H groups in total. The smallest absolute Gasteiger partial charge is 0.158 e. The number of hydrogen-bond acceptors (Lipinski definition) is 2. The molecule has 1 rings (SSSR count). The second-order valence-electron chi connectivity index (χ2n) is 3.43. The third-order valence-electron chi connectivity index (χ3n) is 2.22. The molecule has 0 bridgehead atoms. The number of halogens is 1. The van der Waals surface area contributed by atoms with Crippen molar-refractivity contribution < 1.29 is 0 Å². The highest BCUT2D eigenvalue weighted by Crippen LogP contribution is 2.25. The molecule has 0 radical (unpaired) electrons. The van der Waals surface area contributed by atoms with Crippen LogP contribution < -0.4 is 5.73 Å². The van der Waals surface area contributed by atoms with E-state index in [0.29, 0.717) is 10.8 Å². The fourth-order valence-electron chi connectivity index (χ4n) is 1.30. The van der Waals surface area contributed by atoms with Crippen molar-refractivity contribution in [2.24, 2.45) is 10.7 Å². The van der Waals surface area contributed by atoms with Crippen LogP contribution in [-0.4, -0.2) is 11.3 Å². The molecule has 1 aromatic rings. The third-order valence-corrected chi connectivity index (χ3v) is 2.61. The molecule has 0 aromatic carbocycles. The van der Waals surface area contributed by atoms with Crippen LogP contribution >= 0.6 is 11.6 Å². The van der Waals surface area contributed by atoms with Crippen LogP contribution in [0.4, 0.5) is 5.82 Å². The second-order valence-corrected chi connectivity index (χ2v) is 3.83. The monoisotopic (exact) mass is 225 g/mol. The fraction of sp³-hybridized carbons (Fsp3) is 0.455. The van der Waals surface area contributed by atoms with Gasteiger partial charge >= 0.3 is 0 Å². The van der Waals surface area contributed by atoms with Crippen LogP contribution in [0.5, 0.6) is 0 Å². The lowest BCUT2D eigenvalue weighted by Gasteiger charge is -2.05. The number of hydrogen-bond donors (Lipinski definition) is 1. The van der Waals surface area contributed by atoms with E-state index in [0.717, 1.165) is 30.5 Å². The minimum absolute atomic E-state index is 0.621. The van der Waals surface area contributed by atoms with Gasteiger partial charge in [0.05, 0.1) is 6.34 Å². The molecule has 4 heteroatoms. The first kappa shape index (κ1) is 12.0. The summed E-state index contributed by atoms with van der Waals surface area (Å²) in [6.07, 6.45) is 4.43. The molecule has 0 aliphatic carbocycles. The topological polar surface area (TPSA) is 51.3 Å². The van der Waals surface area contributed by atoms with Crippen LogP contribution in [0.3, 0.4) is 0 Å². The number of unbranched alkanes of at least 4 members (excludes halogenated alkanes) is 1. The Labute approximate surface area is 95.4 Å². The van der Waals surface area contributed by atoms with E-state index in [1.54, 1.807) is 0 Å². The summed E-state index contributed by atoms with van der Waals surface area (Å²) >= 11 is 6.08. The molecule has 1 heterocycles. The number of aromatic nitrogens is 1. The number of pyridine rings is 1. The van der Waals surface area contributed by atoms with Crippen molar-refractivity contribution in [3.05, 3.63) is 22.3 Å². The van der Waals surface area contributed by atoms with Crippen molar-refractivity contribution in [2.45, 2.75) is 33.1 Å². The average molecular weight is 226 g/mol. The molecule has 0 fully saturated rings. The molecule has 82 valence electrons. The number of rotatable bonds is 4. The standard InChI is InChI=1S/C11H16ClN3/c1-3-4-5-9-6-10(12)8(2)11(15-9)14-7-13/h6-7H,3-5H2,1-2H3,(H2,13,14,15). The zero-order valence-electron chi connectivity index (χ0n) is 9.13. The molecule has 3 nitrogen and oxygen atoms in total. The fourth-order valence-corrected chi connectivity index (χ4v) is 1.51. The Kier molecular flexibility index (Phi) is 4.56. The Morgan fingerprint density at radius 3 is 2.93 bits per heavy atom. The number of aliphatic imine (C=N–C) groups is 1. The van der Waals surface area contributed by atoms with E-state index in [9.17, 15) is 0 Å². The zero-order chi connectivity index (χ0) is 11.3. The summed E-state index contributed by atoms with van der Waals surface area (Å²) in [6.45, 7) is 4.04. The van der Waals surface area contributed by atoms with Gasteiger partial charge in [-0.1, -0.05) is 24.9 Å². The number of aryl methyl sites for hydroxylation is 1. The van der Waals surface area contributed by atoms with Crippen LogP contribution in [0, 0.1) is 6.92 Å². The molecule has 15 heavy (non-hydrogen) atoms. The van der Waals surface area contributed by atoms with Crippen LogP contribution in [0.1, 0.15) is 31.0 Å². The lowest BCUT2D eigenvalue weighted by molar-refractivity contribution is 0.776. The molecule has 0 saturated heterocycles. The van der Waals surface area contributed by atoms with Gasteiger partial charge in [0, 0.05) is 16.3 Å². The molecule has 0 unspecified atom stereocenters. The van der Waals surface area contributed by atoms with E-state index in [-0.39, 0.29) is 0 Å². The molecule has 0 aliphatic heterocycles.